The van der Waals surface area contributed by atoms with E-state index in [1.165, 1.54) is 42.1 Å². The molecule has 4 aliphatic heterocycles. The van der Waals surface area contributed by atoms with E-state index in [2.05, 4.69) is 31.4 Å². The van der Waals surface area contributed by atoms with Gasteiger partial charge in [0.15, 0.2) is 11.6 Å². The Kier molecular flexibility index (Phi) is 37.7. The Labute approximate surface area is 726 Å². The van der Waals surface area contributed by atoms with Crippen LogP contribution in [-0.2, 0) is 101 Å². The quantitative estimate of drug-likeness (QED) is 0.0190. The predicted molar refractivity (Wildman–Crippen MR) is 453 cm³/mol. The van der Waals surface area contributed by atoms with Gasteiger partial charge in [0.2, 0.25) is 49.6 Å². The second kappa shape index (κ2) is 44.2. The molecule has 6 N–H and O–H groups in total. The van der Waals surface area contributed by atoms with Crippen molar-refractivity contribution >= 4 is 85.0 Å². The van der Waals surface area contributed by atoms with Crippen LogP contribution >= 0.6 is 0 Å². The Morgan fingerprint density at radius 3 is 1.51 bits per heavy atom. The number of carboxylic acids is 1. The number of nitrogens with zero attached hydrogens (tertiary/aromatic N) is 3. The number of allylic oxidation sites excluding steroid dienone is 5. The standard InChI is InChI=1S/C34H53FN2O9S.C32H49FN2O9S.C23H39NO7/c1-8-10-11-22(3)14-23(20-45-7)26(16-29(40)46-32(4,5)6)30(41)37-19-25(38)15-27(37)28(39)18-34(17-24(34)9-2)31(42)36-47(43,44)33(21-35)12-13-33;1-20-8-6-7-9-22-15-32(22,29(40)34-45(41,42)31(19-33)10-11-31)16-26(37)25-13-23(36)17-35(25)28(39)24(21(12-20)18-43-5)14-27(38)44-30(2,3)4;1-7-8-9-15(2)10-16(14-30-6)18(12-20(26)31-23(3,4)5)21(27)24-13-17(25)11-19(24)22(28)29/h8-9,22-27,38H,1-2,10-21H2,3-7H3,(H,36,42);7,9,20-25,36H,6,8,10-19H2,1-5H3,(H,34,40);7,15-19,25H,1,8-14H2,2-6H3,(H,28,29)/b;9-7-;/t22?,23-,24+,25+,26-,27-,34+;20?,21-,22+,23+,24-,25-,32+;15?,16-,17+,18-,19-/m000/s1. The number of alkyl halides is 2. The molecule has 0 spiro atoms. The molecule has 8 aliphatic rings. The van der Waals surface area contributed by atoms with E-state index >= 15 is 0 Å². The van der Waals surface area contributed by atoms with Gasteiger partial charge in [-0.1, -0.05) is 51.2 Å². The lowest BCUT2D eigenvalue weighted by atomic mass is 9.81. The van der Waals surface area contributed by atoms with Crippen molar-refractivity contribution in [2.45, 2.75) is 293 Å². The van der Waals surface area contributed by atoms with Crippen molar-refractivity contribution in [2.24, 2.45) is 75.9 Å². The average molecular weight is 1780 g/mol. The Morgan fingerprint density at radius 1 is 0.634 bits per heavy atom. The smallest absolute Gasteiger partial charge is 0.326 e. The molecule has 0 aromatic carbocycles. The summed E-state index contributed by atoms with van der Waals surface area (Å²) in [5.41, 5.74) is -5.05. The second-order valence-corrected chi connectivity index (χ2v) is 43.2. The van der Waals surface area contributed by atoms with E-state index in [1.54, 1.807) is 62.3 Å². The number of rotatable bonds is 39. The van der Waals surface area contributed by atoms with Crippen LogP contribution in [0.15, 0.2) is 50.1 Å². The fourth-order valence-electron chi connectivity index (χ4n) is 17.8. The first-order valence-electron chi connectivity index (χ1n) is 43.4. The summed E-state index contributed by atoms with van der Waals surface area (Å²) in [6.45, 7) is 31.1. The summed E-state index contributed by atoms with van der Waals surface area (Å²) in [4.78, 5) is 151. The number of methoxy groups -OCH3 is 3. The van der Waals surface area contributed by atoms with Gasteiger partial charge in [0, 0.05) is 92.9 Å². The average Bonchev–Trinajstić information content (AvgIpc) is 1.56. The van der Waals surface area contributed by atoms with Crippen molar-refractivity contribution < 1.29 is 127 Å². The highest BCUT2D eigenvalue weighted by atomic mass is 32.2. The molecule has 0 aromatic rings. The van der Waals surface area contributed by atoms with Crippen molar-refractivity contribution in [3.63, 3.8) is 0 Å². The van der Waals surface area contributed by atoms with Gasteiger partial charge in [0.1, 0.15) is 45.7 Å². The number of sulfonamides is 2. The minimum atomic E-state index is -4.31. The Hall–Kier alpha value is -6.95. The molecule has 3 unspecified atom stereocenters. The third-order valence-electron chi connectivity index (χ3n) is 25.1. The van der Waals surface area contributed by atoms with Crippen LogP contribution in [0, 0.1) is 75.9 Å². The molecule has 4 heterocycles. The second-order valence-electron chi connectivity index (χ2n) is 39.1. The number of hydrogen-bond acceptors (Lipinski definition) is 24. The van der Waals surface area contributed by atoms with E-state index < -0.39 is 214 Å². The maximum Gasteiger partial charge on any atom is 0.326 e. The molecular formula is C89H141F2N5O25S2. The summed E-state index contributed by atoms with van der Waals surface area (Å²) in [7, 11) is -4.04. The van der Waals surface area contributed by atoms with E-state index in [1.807, 2.05) is 42.9 Å². The fraction of sp³-hybridized carbons (Fsp3) is 0.787. The van der Waals surface area contributed by atoms with Crippen molar-refractivity contribution in [3.8, 4) is 0 Å². The van der Waals surface area contributed by atoms with Crippen LogP contribution in [0.2, 0.25) is 0 Å². The summed E-state index contributed by atoms with van der Waals surface area (Å²) < 4.78 is 113. The fourth-order valence-corrected chi connectivity index (χ4v) is 20.7. The lowest BCUT2D eigenvalue weighted by Gasteiger charge is -2.34. The van der Waals surface area contributed by atoms with Crippen molar-refractivity contribution in [1.82, 2.24) is 24.1 Å². The van der Waals surface area contributed by atoms with E-state index in [0.717, 1.165) is 32.1 Å². The molecule has 19 atom stereocenters. The van der Waals surface area contributed by atoms with Crippen molar-refractivity contribution in [2.75, 3.05) is 74.1 Å². The summed E-state index contributed by atoms with van der Waals surface area (Å²) in [5, 5.41) is 40.8. The number of aliphatic hydroxyl groups is 3. The van der Waals surface area contributed by atoms with Gasteiger partial charge < -0.3 is 63.5 Å². The maximum absolute atomic E-state index is 14.4. The minimum absolute atomic E-state index is 0.0229. The third kappa shape index (κ3) is 28.8. The molecular weight excluding hydrogens is 1640 g/mol. The number of carbonyl (C=O) groups excluding carboxylic acids is 10. The Bertz CT molecular complexity index is 4000. The van der Waals surface area contributed by atoms with Gasteiger partial charge in [-0.05, 0) is 206 Å². The lowest BCUT2D eigenvalue weighted by Crippen LogP contribution is -2.49. The highest BCUT2D eigenvalue weighted by molar-refractivity contribution is 7.92. The summed E-state index contributed by atoms with van der Waals surface area (Å²) in [5.74, 6) is -11.0. The number of fused-ring (bicyclic) bond motifs is 2. The molecule has 0 bridgehead atoms. The number of esters is 3. The first kappa shape index (κ1) is 105. The lowest BCUT2D eigenvalue weighted by molar-refractivity contribution is -0.161. The van der Waals surface area contributed by atoms with Gasteiger partial charge in [-0.2, -0.15) is 0 Å². The van der Waals surface area contributed by atoms with Crippen LogP contribution in [0.5, 0.6) is 0 Å². The molecule has 7 fully saturated rings. The third-order valence-corrected chi connectivity index (χ3v) is 29.3. The van der Waals surface area contributed by atoms with Crippen LogP contribution < -0.4 is 9.44 Å². The van der Waals surface area contributed by atoms with Gasteiger partial charge in [-0.15, -0.1) is 19.7 Å². The number of carbonyl (C=O) groups is 11. The Balaban J connectivity index is 0.000000292. The maximum atomic E-state index is 14.4. The molecule has 0 radical (unpaired) electrons. The predicted octanol–water partition coefficient (Wildman–Crippen LogP) is 9.14. The highest BCUT2D eigenvalue weighted by Gasteiger charge is 2.66. The van der Waals surface area contributed by atoms with Crippen LogP contribution in [0.3, 0.4) is 0 Å². The summed E-state index contributed by atoms with van der Waals surface area (Å²) in [6.07, 6.45) is 11.7. The van der Waals surface area contributed by atoms with Gasteiger partial charge in [-0.3, -0.25) is 57.4 Å². The first-order chi connectivity index (χ1) is 57.2. The number of aliphatic carboxylic acids is 1. The number of hydrogen-bond donors (Lipinski definition) is 6. The molecule has 5 amide bonds. The first-order valence-corrected chi connectivity index (χ1v) is 46.3. The molecule has 8 rings (SSSR count). The van der Waals surface area contributed by atoms with E-state index in [4.69, 9.17) is 28.4 Å². The largest absolute Gasteiger partial charge is 0.480 e. The number of aliphatic hydroxyl groups excluding tert-OH is 3. The van der Waals surface area contributed by atoms with Crippen LogP contribution in [0.1, 0.15) is 231 Å². The van der Waals surface area contributed by atoms with Crippen LogP contribution in [0.4, 0.5) is 8.78 Å². The summed E-state index contributed by atoms with van der Waals surface area (Å²) >= 11 is 0. The highest BCUT2D eigenvalue weighted by Crippen LogP contribution is 2.59. The number of halogens is 2. The zero-order valence-electron chi connectivity index (χ0n) is 75.0. The zero-order chi connectivity index (χ0) is 92.5. The zero-order valence-corrected chi connectivity index (χ0v) is 76.7. The molecule has 698 valence electrons. The molecule has 34 heteroatoms. The molecule has 123 heavy (non-hydrogen) atoms. The molecule has 0 aromatic heterocycles. The van der Waals surface area contributed by atoms with E-state index in [9.17, 15) is 98.8 Å². The van der Waals surface area contributed by atoms with E-state index in [0.29, 0.717) is 25.7 Å². The molecule has 4 saturated carbocycles. The van der Waals surface area contributed by atoms with Crippen LogP contribution in [0.25, 0.3) is 0 Å². The Morgan fingerprint density at radius 2 is 1.09 bits per heavy atom. The van der Waals surface area contributed by atoms with Gasteiger partial charge in [-0.25, -0.2) is 30.4 Å². The van der Waals surface area contributed by atoms with Crippen LogP contribution in [-0.4, -0.2) is 254 Å². The molecule has 3 saturated heterocycles. The number of likely N-dealkylation sites (tertiary alicyclic amines) is 2. The topological polar surface area (TPSA) is 426 Å². The monoisotopic (exact) mass is 1780 g/mol. The summed E-state index contributed by atoms with van der Waals surface area (Å²) in [6, 6.07) is -3.27. The number of carboxylic acid groups (broad SMARTS) is 1. The number of ketones is 2. The minimum Gasteiger partial charge on any atom is -0.480 e. The van der Waals surface area contributed by atoms with Crippen molar-refractivity contribution in [3.05, 3.63) is 50.1 Å². The molecule has 4 aliphatic carbocycles. The number of ether oxygens (including phenoxy) is 6. The van der Waals surface area contributed by atoms with Gasteiger partial charge in [0.25, 0.3) is 0 Å². The normalized spacial score (nSPS) is 28.4. The molecule has 30 nitrogen and oxygen atoms in total. The van der Waals surface area contributed by atoms with Gasteiger partial charge in [0.05, 0.1) is 78.2 Å². The number of nitrogens with one attached hydrogen (secondary N) is 2. The van der Waals surface area contributed by atoms with Crippen molar-refractivity contribution in [1.29, 1.82) is 0 Å². The number of Topliss-reactive ketones (excluding diaryl/α,β-unsaturated/α-hetero) is 2. The van der Waals surface area contributed by atoms with Gasteiger partial charge >= 0.3 is 23.9 Å². The SMILES string of the molecule is C=CCCC(C)C[C@@H](COC)[C@H](CC(=O)OC(C)(C)C)C(=O)N1C[C@H](O)C[C@H]1C(=O)C[C@]1(C(=O)NS(=O)(=O)C2(CF)CC2)C[C@H]1C=C.C=CCCC(C)C[C@@H](COC)[C@H](CC(=O)OC(C)(C)C)C(=O)N1C[C@H](O)C[C@H]1C(=O)O.COC[C@@H]1CC(C)CC/C=C\[C@@H]2C[C@@]2(C(=O)NS(=O)(=O)C2(CF)CC2)CC(=O)[C@@H]2C[C@@H](O)CN2C(=O)[C@H]1CC(=O)OC(C)(C)C. The number of β-amino-alcohol motifs (C(OH)–C–C–N with tert-alkyl or cyclic N) is 2. The number of amides is 5. The van der Waals surface area contributed by atoms with E-state index in [-0.39, 0.29) is 153 Å².